The maximum absolute atomic E-state index is 9.89. The molecule has 1 aromatic heterocycles. The zero-order valence-electron chi connectivity index (χ0n) is 7.22. The number of hydrogen-bond donors (Lipinski definition) is 1. The molecule has 0 bridgehead atoms. The van der Waals surface area contributed by atoms with E-state index in [0.717, 1.165) is 5.56 Å². The van der Waals surface area contributed by atoms with Crippen molar-refractivity contribution in [3.05, 3.63) is 51.4 Å². The SMILES string of the molecule is OC(c1ccccc1)c1ncc(Cl)s1. The van der Waals surface area contributed by atoms with Crippen molar-refractivity contribution < 1.29 is 5.11 Å². The molecule has 1 unspecified atom stereocenters. The number of hydrogen-bond acceptors (Lipinski definition) is 3. The molecule has 1 atom stereocenters. The van der Waals surface area contributed by atoms with Crippen LogP contribution in [-0.2, 0) is 0 Å². The number of nitrogens with zero attached hydrogens (tertiary/aromatic N) is 1. The predicted molar refractivity (Wildman–Crippen MR) is 57.6 cm³/mol. The van der Waals surface area contributed by atoms with E-state index in [1.165, 1.54) is 11.3 Å². The molecule has 0 amide bonds. The molecule has 1 heterocycles. The topological polar surface area (TPSA) is 33.1 Å². The molecule has 1 N–H and O–H groups in total. The fourth-order valence-electron chi connectivity index (χ4n) is 1.17. The lowest BCUT2D eigenvalue weighted by atomic mass is 10.1. The summed E-state index contributed by atoms with van der Waals surface area (Å²) >= 11 is 7.03. The molecular formula is C10H8ClNOS. The Bertz CT molecular complexity index is 415. The summed E-state index contributed by atoms with van der Waals surface area (Å²) in [5.41, 5.74) is 0.832. The number of aromatic nitrogens is 1. The highest BCUT2D eigenvalue weighted by Gasteiger charge is 2.13. The lowest BCUT2D eigenvalue weighted by Crippen LogP contribution is -1.97. The first-order valence-corrected chi connectivity index (χ1v) is 5.31. The van der Waals surface area contributed by atoms with Crippen LogP contribution in [0.3, 0.4) is 0 Å². The van der Waals surface area contributed by atoms with Gasteiger partial charge in [-0.3, -0.25) is 0 Å². The van der Waals surface area contributed by atoms with Crippen LogP contribution in [0.25, 0.3) is 0 Å². The van der Waals surface area contributed by atoms with Crippen molar-refractivity contribution in [2.24, 2.45) is 0 Å². The molecule has 0 radical (unpaired) electrons. The molecule has 0 aliphatic carbocycles. The second kappa shape index (κ2) is 4.09. The van der Waals surface area contributed by atoms with Crippen LogP contribution in [0.15, 0.2) is 36.5 Å². The minimum Gasteiger partial charge on any atom is -0.381 e. The number of benzene rings is 1. The Hall–Kier alpha value is -0.900. The van der Waals surface area contributed by atoms with E-state index in [2.05, 4.69) is 4.98 Å². The van der Waals surface area contributed by atoms with E-state index in [1.54, 1.807) is 6.20 Å². The van der Waals surface area contributed by atoms with Gasteiger partial charge in [0.15, 0.2) is 0 Å². The Morgan fingerprint density at radius 1 is 1.29 bits per heavy atom. The third-order valence-corrected chi connectivity index (χ3v) is 3.01. The van der Waals surface area contributed by atoms with Crippen LogP contribution in [0.2, 0.25) is 4.34 Å². The monoisotopic (exact) mass is 225 g/mol. The molecule has 0 spiro atoms. The largest absolute Gasteiger partial charge is 0.381 e. The van der Waals surface area contributed by atoms with Gasteiger partial charge in [-0.15, -0.1) is 11.3 Å². The van der Waals surface area contributed by atoms with Crippen molar-refractivity contribution >= 4 is 22.9 Å². The van der Waals surface area contributed by atoms with E-state index >= 15 is 0 Å². The molecule has 0 aliphatic rings. The molecule has 0 fully saturated rings. The van der Waals surface area contributed by atoms with E-state index in [9.17, 15) is 5.11 Å². The van der Waals surface area contributed by atoms with Gasteiger partial charge in [0.25, 0.3) is 0 Å². The van der Waals surface area contributed by atoms with Crippen molar-refractivity contribution in [1.82, 2.24) is 4.98 Å². The average Bonchev–Trinajstić information content (AvgIpc) is 2.65. The van der Waals surface area contributed by atoms with Crippen LogP contribution in [-0.4, -0.2) is 10.1 Å². The summed E-state index contributed by atoms with van der Waals surface area (Å²) in [6.07, 6.45) is 0.877. The van der Waals surface area contributed by atoms with Gasteiger partial charge >= 0.3 is 0 Å². The quantitative estimate of drug-likeness (QED) is 0.853. The summed E-state index contributed by atoms with van der Waals surface area (Å²) in [6.45, 7) is 0. The normalized spacial score (nSPS) is 12.7. The van der Waals surface area contributed by atoms with Gasteiger partial charge in [0, 0.05) is 0 Å². The van der Waals surface area contributed by atoms with E-state index in [4.69, 9.17) is 11.6 Å². The van der Waals surface area contributed by atoms with Crippen LogP contribution >= 0.6 is 22.9 Å². The molecular weight excluding hydrogens is 218 g/mol. The third-order valence-electron chi connectivity index (χ3n) is 1.84. The van der Waals surface area contributed by atoms with E-state index < -0.39 is 6.10 Å². The van der Waals surface area contributed by atoms with Crippen molar-refractivity contribution in [2.45, 2.75) is 6.10 Å². The van der Waals surface area contributed by atoms with Gasteiger partial charge in [0.1, 0.15) is 15.4 Å². The summed E-state index contributed by atoms with van der Waals surface area (Å²) in [5, 5.41) is 10.5. The Balaban J connectivity index is 2.29. The Morgan fingerprint density at radius 3 is 2.57 bits per heavy atom. The maximum atomic E-state index is 9.89. The van der Waals surface area contributed by atoms with E-state index in [0.29, 0.717) is 9.34 Å². The van der Waals surface area contributed by atoms with Crippen molar-refractivity contribution in [3.63, 3.8) is 0 Å². The van der Waals surface area contributed by atoms with E-state index in [1.807, 2.05) is 30.3 Å². The zero-order chi connectivity index (χ0) is 9.97. The molecule has 0 aliphatic heterocycles. The molecule has 0 saturated carbocycles. The number of halogens is 1. The molecule has 4 heteroatoms. The first kappa shape index (κ1) is 9.65. The smallest absolute Gasteiger partial charge is 0.131 e. The number of thiazole rings is 1. The Labute approximate surface area is 90.8 Å². The van der Waals surface area contributed by atoms with Gasteiger partial charge in [-0.05, 0) is 5.56 Å². The zero-order valence-corrected chi connectivity index (χ0v) is 8.79. The fraction of sp³-hybridized carbons (Fsp3) is 0.100. The van der Waals surface area contributed by atoms with Crippen LogP contribution in [0.1, 0.15) is 16.7 Å². The Kier molecular flexibility index (Phi) is 2.82. The number of rotatable bonds is 2. The second-order valence-corrected chi connectivity index (χ2v) is 4.51. The minimum absolute atomic E-state index is 0.593. The maximum Gasteiger partial charge on any atom is 0.131 e. The highest BCUT2D eigenvalue weighted by molar-refractivity contribution is 7.15. The summed E-state index contributed by atoms with van der Waals surface area (Å²) < 4.78 is 0.593. The highest BCUT2D eigenvalue weighted by Crippen LogP contribution is 2.27. The van der Waals surface area contributed by atoms with E-state index in [-0.39, 0.29) is 0 Å². The highest BCUT2D eigenvalue weighted by atomic mass is 35.5. The number of aliphatic hydroxyl groups is 1. The van der Waals surface area contributed by atoms with Crippen molar-refractivity contribution in [3.8, 4) is 0 Å². The first-order valence-electron chi connectivity index (χ1n) is 4.11. The van der Waals surface area contributed by atoms with Gasteiger partial charge in [-0.2, -0.15) is 0 Å². The molecule has 72 valence electrons. The first-order chi connectivity index (χ1) is 6.77. The molecule has 2 rings (SSSR count). The van der Waals surface area contributed by atoms with Crippen LogP contribution in [0, 0.1) is 0 Å². The van der Waals surface area contributed by atoms with Gasteiger partial charge < -0.3 is 5.11 Å². The van der Waals surface area contributed by atoms with Gasteiger partial charge in [0.2, 0.25) is 0 Å². The third kappa shape index (κ3) is 1.95. The standard InChI is InChI=1S/C10H8ClNOS/c11-8-6-12-10(14-8)9(13)7-4-2-1-3-5-7/h1-6,9,13H. The summed E-state index contributed by atoms with van der Waals surface area (Å²) in [6, 6.07) is 9.40. The molecule has 0 saturated heterocycles. The van der Waals surface area contributed by atoms with Crippen molar-refractivity contribution in [1.29, 1.82) is 0 Å². The average molecular weight is 226 g/mol. The minimum atomic E-state index is -0.673. The van der Waals surface area contributed by atoms with Crippen molar-refractivity contribution in [2.75, 3.05) is 0 Å². The van der Waals surface area contributed by atoms with Crippen LogP contribution in [0.5, 0.6) is 0 Å². The summed E-state index contributed by atoms with van der Waals surface area (Å²) in [5.74, 6) is 0. The van der Waals surface area contributed by atoms with Crippen LogP contribution in [0.4, 0.5) is 0 Å². The van der Waals surface area contributed by atoms with Gasteiger partial charge in [-0.25, -0.2) is 4.98 Å². The molecule has 2 nitrogen and oxygen atoms in total. The van der Waals surface area contributed by atoms with Gasteiger partial charge in [0.05, 0.1) is 6.20 Å². The number of aliphatic hydroxyl groups excluding tert-OH is 1. The van der Waals surface area contributed by atoms with Gasteiger partial charge in [-0.1, -0.05) is 41.9 Å². The summed E-state index contributed by atoms with van der Waals surface area (Å²) in [4.78, 5) is 4.03. The molecule has 1 aromatic carbocycles. The lowest BCUT2D eigenvalue weighted by molar-refractivity contribution is 0.220. The second-order valence-electron chi connectivity index (χ2n) is 2.82. The summed E-state index contributed by atoms with van der Waals surface area (Å²) in [7, 11) is 0. The molecule has 14 heavy (non-hydrogen) atoms. The fourth-order valence-corrected chi connectivity index (χ4v) is 2.12. The molecule has 2 aromatic rings. The van der Waals surface area contributed by atoms with Crippen LogP contribution < -0.4 is 0 Å². The lowest BCUT2D eigenvalue weighted by Gasteiger charge is -2.06. The predicted octanol–water partition coefficient (Wildman–Crippen LogP) is 2.88. The Morgan fingerprint density at radius 2 is 2.00 bits per heavy atom.